The van der Waals surface area contributed by atoms with E-state index < -0.39 is 23.7 Å². The van der Waals surface area contributed by atoms with Crippen molar-refractivity contribution in [3.05, 3.63) is 35.6 Å². The number of esters is 1. The van der Waals surface area contributed by atoms with Crippen molar-refractivity contribution in [2.45, 2.75) is 110 Å². The molecule has 0 saturated carbocycles. The third-order valence-electron chi connectivity index (χ3n) is 5.53. The monoisotopic (exact) mass is 435 g/mol. The van der Waals surface area contributed by atoms with Crippen molar-refractivity contribution in [3.8, 4) is 0 Å². The predicted molar refractivity (Wildman–Crippen MR) is 125 cm³/mol. The number of nitrogens with one attached hydrogen (secondary N) is 1. The van der Waals surface area contributed by atoms with Crippen LogP contribution in [-0.4, -0.2) is 24.5 Å². The first kappa shape index (κ1) is 27.1. The Morgan fingerprint density at radius 1 is 0.871 bits per heavy atom. The topological polar surface area (TPSA) is 55.4 Å². The standard InChI is InChI=1S/C26H42FNO3/c1-3-4-5-6-7-8-9-10-11-12-13-14-15-16-20-31-26(30)22(2)28-25(29)23-18-17-19-24(27)21-23/h17-19,21-22H,3-16,20H2,1-2H3,(H,28,29). The Morgan fingerprint density at radius 3 is 1.90 bits per heavy atom. The summed E-state index contributed by atoms with van der Waals surface area (Å²) in [5.41, 5.74) is 0.187. The first-order chi connectivity index (χ1) is 15.0. The van der Waals surface area contributed by atoms with Crippen molar-refractivity contribution in [1.29, 1.82) is 0 Å². The zero-order chi connectivity index (χ0) is 22.7. The average molecular weight is 436 g/mol. The van der Waals surface area contributed by atoms with E-state index in [0.29, 0.717) is 6.61 Å². The van der Waals surface area contributed by atoms with Crippen molar-refractivity contribution in [1.82, 2.24) is 5.32 Å². The van der Waals surface area contributed by atoms with Crippen LogP contribution in [0.25, 0.3) is 0 Å². The molecule has 1 rings (SSSR count). The predicted octanol–water partition coefficient (Wildman–Crippen LogP) is 6.97. The van der Waals surface area contributed by atoms with Crippen LogP contribution in [0, 0.1) is 5.82 Å². The Hall–Kier alpha value is -1.91. The summed E-state index contributed by atoms with van der Waals surface area (Å²) in [5, 5.41) is 2.55. The van der Waals surface area contributed by atoms with Gasteiger partial charge in [-0.1, -0.05) is 96.5 Å². The van der Waals surface area contributed by atoms with Gasteiger partial charge in [0.25, 0.3) is 5.91 Å². The van der Waals surface area contributed by atoms with Crippen LogP contribution in [0.4, 0.5) is 4.39 Å². The molecule has 1 unspecified atom stereocenters. The number of ether oxygens (including phenoxy) is 1. The summed E-state index contributed by atoms with van der Waals surface area (Å²) in [6.07, 6.45) is 17.9. The molecular weight excluding hydrogens is 393 g/mol. The maximum atomic E-state index is 13.2. The van der Waals surface area contributed by atoms with E-state index in [1.54, 1.807) is 6.92 Å². The number of benzene rings is 1. The van der Waals surface area contributed by atoms with Crippen LogP contribution in [0.1, 0.15) is 114 Å². The number of hydrogen-bond acceptors (Lipinski definition) is 3. The second-order valence-electron chi connectivity index (χ2n) is 8.47. The Morgan fingerprint density at radius 2 is 1.39 bits per heavy atom. The molecule has 0 spiro atoms. The van der Waals surface area contributed by atoms with Gasteiger partial charge in [-0.15, -0.1) is 0 Å². The average Bonchev–Trinajstić information content (AvgIpc) is 2.76. The van der Waals surface area contributed by atoms with Gasteiger partial charge in [-0.2, -0.15) is 0 Å². The highest BCUT2D eigenvalue weighted by Crippen LogP contribution is 2.13. The minimum absolute atomic E-state index is 0.187. The maximum Gasteiger partial charge on any atom is 0.328 e. The maximum absolute atomic E-state index is 13.2. The Kier molecular flexibility index (Phi) is 15.5. The quantitative estimate of drug-likeness (QED) is 0.200. The van der Waals surface area contributed by atoms with E-state index in [4.69, 9.17) is 4.74 Å². The van der Waals surface area contributed by atoms with E-state index in [1.165, 1.54) is 95.2 Å². The fourth-order valence-electron chi connectivity index (χ4n) is 3.56. The van der Waals surface area contributed by atoms with Crippen molar-refractivity contribution >= 4 is 11.9 Å². The zero-order valence-corrected chi connectivity index (χ0v) is 19.6. The highest BCUT2D eigenvalue weighted by molar-refractivity contribution is 5.96. The zero-order valence-electron chi connectivity index (χ0n) is 19.6. The molecule has 0 aromatic heterocycles. The van der Waals surface area contributed by atoms with Gasteiger partial charge in [0.1, 0.15) is 11.9 Å². The number of carbonyl (C=O) groups excluding carboxylic acids is 2. The molecule has 176 valence electrons. The van der Waals surface area contributed by atoms with Gasteiger partial charge in [0.05, 0.1) is 6.61 Å². The molecule has 0 bridgehead atoms. The molecule has 1 aromatic rings. The van der Waals surface area contributed by atoms with E-state index in [1.807, 2.05) is 0 Å². The van der Waals surface area contributed by atoms with Gasteiger partial charge in [-0.25, -0.2) is 9.18 Å². The van der Waals surface area contributed by atoms with E-state index in [9.17, 15) is 14.0 Å². The molecular formula is C26H42FNO3. The number of hydrogen-bond donors (Lipinski definition) is 1. The first-order valence-electron chi connectivity index (χ1n) is 12.3. The minimum Gasteiger partial charge on any atom is -0.464 e. The summed E-state index contributed by atoms with van der Waals surface area (Å²) in [7, 11) is 0. The first-order valence-corrected chi connectivity index (χ1v) is 12.3. The normalized spacial score (nSPS) is 11.8. The van der Waals surface area contributed by atoms with E-state index in [2.05, 4.69) is 12.2 Å². The van der Waals surface area contributed by atoms with Crippen LogP contribution in [-0.2, 0) is 9.53 Å². The Labute approximate surface area is 188 Å². The molecule has 31 heavy (non-hydrogen) atoms. The van der Waals surface area contributed by atoms with Crippen LogP contribution in [0.3, 0.4) is 0 Å². The summed E-state index contributed by atoms with van der Waals surface area (Å²) >= 11 is 0. The highest BCUT2D eigenvalue weighted by atomic mass is 19.1. The third-order valence-corrected chi connectivity index (χ3v) is 5.53. The Balaban J connectivity index is 1.94. The number of amides is 1. The molecule has 0 aliphatic carbocycles. The lowest BCUT2D eigenvalue weighted by molar-refractivity contribution is -0.145. The number of rotatable bonds is 18. The Bertz CT molecular complexity index is 620. The largest absolute Gasteiger partial charge is 0.464 e. The number of unbranched alkanes of at least 4 members (excludes halogenated alkanes) is 13. The summed E-state index contributed by atoms with van der Waals surface area (Å²) < 4.78 is 18.4. The van der Waals surface area contributed by atoms with E-state index in [-0.39, 0.29) is 5.56 Å². The molecule has 0 heterocycles. The van der Waals surface area contributed by atoms with E-state index in [0.717, 1.165) is 18.9 Å². The highest BCUT2D eigenvalue weighted by Gasteiger charge is 2.18. The molecule has 0 fully saturated rings. The second-order valence-corrected chi connectivity index (χ2v) is 8.47. The lowest BCUT2D eigenvalue weighted by Gasteiger charge is -2.13. The molecule has 1 amide bonds. The molecule has 0 aliphatic heterocycles. The summed E-state index contributed by atoms with van der Waals surface area (Å²) in [6.45, 7) is 4.20. The number of carbonyl (C=O) groups is 2. The molecule has 1 N–H and O–H groups in total. The van der Waals surface area contributed by atoms with Gasteiger partial charge < -0.3 is 10.1 Å². The van der Waals surface area contributed by atoms with Gasteiger partial charge in [0.15, 0.2) is 0 Å². The van der Waals surface area contributed by atoms with Gasteiger partial charge >= 0.3 is 5.97 Å². The second kappa shape index (κ2) is 17.7. The minimum atomic E-state index is -0.762. The lowest BCUT2D eigenvalue weighted by atomic mass is 10.0. The van der Waals surface area contributed by atoms with Gasteiger partial charge in [0.2, 0.25) is 0 Å². The van der Waals surface area contributed by atoms with Crippen molar-refractivity contribution in [2.24, 2.45) is 0 Å². The van der Waals surface area contributed by atoms with Crippen molar-refractivity contribution in [3.63, 3.8) is 0 Å². The molecule has 1 aromatic carbocycles. The van der Waals surface area contributed by atoms with Crippen molar-refractivity contribution < 1.29 is 18.7 Å². The van der Waals surface area contributed by atoms with Crippen LogP contribution < -0.4 is 5.32 Å². The summed E-state index contributed by atoms with van der Waals surface area (Å²) in [6, 6.07) is 4.61. The molecule has 0 saturated heterocycles. The van der Waals surface area contributed by atoms with Gasteiger partial charge in [-0.05, 0) is 31.5 Å². The fraction of sp³-hybridized carbons (Fsp3) is 0.692. The third kappa shape index (κ3) is 13.9. The van der Waals surface area contributed by atoms with Crippen LogP contribution in [0.15, 0.2) is 24.3 Å². The molecule has 0 radical (unpaired) electrons. The van der Waals surface area contributed by atoms with E-state index >= 15 is 0 Å². The smallest absolute Gasteiger partial charge is 0.328 e. The van der Waals surface area contributed by atoms with Crippen molar-refractivity contribution in [2.75, 3.05) is 6.61 Å². The molecule has 5 heteroatoms. The molecule has 4 nitrogen and oxygen atoms in total. The fourth-order valence-corrected chi connectivity index (χ4v) is 3.56. The SMILES string of the molecule is CCCCCCCCCCCCCCCCOC(=O)C(C)NC(=O)c1cccc(F)c1. The van der Waals surface area contributed by atoms with Crippen LogP contribution in [0.2, 0.25) is 0 Å². The summed E-state index contributed by atoms with van der Waals surface area (Å²) in [5.74, 6) is -1.43. The lowest BCUT2D eigenvalue weighted by Crippen LogP contribution is -2.39. The van der Waals surface area contributed by atoms with Crippen LogP contribution in [0.5, 0.6) is 0 Å². The molecule has 0 aliphatic rings. The van der Waals surface area contributed by atoms with Gasteiger partial charge in [0, 0.05) is 5.56 Å². The van der Waals surface area contributed by atoms with Crippen LogP contribution >= 0.6 is 0 Å². The molecule has 1 atom stereocenters. The van der Waals surface area contributed by atoms with Gasteiger partial charge in [-0.3, -0.25) is 4.79 Å². The number of halogens is 1. The summed E-state index contributed by atoms with van der Waals surface area (Å²) in [4.78, 5) is 24.0.